The molecule has 0 spiro atoms. The van der Waals surface area contributed by atoms with E-state index >= 15 is 0 Å². The van der Waals surface area contributed by atoms with Crippen LogP contribution < -0.4 is 0 Å². The van der Waals surface area contributed by atoms with E-state index in [2.05, 4.69) is 0 Å². The van der Waals surface area contributed by atoms with E-state index in [0.717, 1.165) is 16.7 Å². The lowest BCUT2D eigenvalue weighted by Gasteiger charge is -2.49. The molecule has 0 unspecified atom stereocenters. The molecule has 0 aromatic heterocycles. The Balaban J connectivity index is 1.33. The van der Waals surface area contributed by atoms with Gasteiger partial charge in [0.25, 0.3) is 0 Å². The highest BCUT2D eigenvalue weighted by Gasteiger charge is 2.53. The summed E-state index contributed by atoms with van der Waals surface area (Å²) in [5.74, 6) is 0. The summed E-state index contributed by atoms with van der Waals surface area (Å²) in [6.45, 7) is 0.951. The van der Waals surface area contributed by atoms with E-state index in [-0.39, 0.29) is 6.61 Å². The molecular formula is C33H32O6S. The second-order valence-corrected chi connectivity index (χ2v) is 11.4. The van der Waals surface area contributed by atoms with Crippen LogP contribution in [-0.4, -0.2) is 40.7 Å². The maximum atomic E-state index is 14.0. The number of fused-ring (bicyclic) bond motifs is 1. The smallest absolute Gasteiger partial charge is 0.184 e. The summed E-state index contributed by atoms with van der Waals surface area (Å²) in [5.41, 5.74) is 2.17. The average Bonchev–Trinajstić information content (AvgIpc) is 3.03. The minimum Gasteiger partial charge on any atom is -0.368 e. The Kier molecular flexibility index (Phi) is 8.78. The molecule has 0 saturated carbocycles. The minimum absolute atomic E-state index is 0.281. The quantitative estimate of drug-likeness (QED) is 0.260. The summed E-state index contributed by atoms with van der Waals surface area (Å²) in [6, 6.07) is 39.1. The van der Waals surface area contributed by atoms with Crippen LogP contribution in [0.5, 0.6) is 0 Å². The van der Waals surface area contributed by atoms with E-state index in [1.165, 1.54) is 0 Å². The monoisotopic (exact) mass is 556 g/mol. The molecular weight excluding hydrogens is 524 g/mol. The van der Waals surface area contributed by atoms with E-state index < -0.39 is 46.9 Å². The third-order valence-electron chi connectivity index (χ3n) is 7.11. The summed E-state index contributed by atoms with van der Waals surface area (Å²) in [6.07, 6.45) is -2.77. The molecule has 0 aliphatic carbocycles. The van der Waals surface area contributed by atoms with Crippen molar-refractivity contribution in [3.05, 3.63) is 138 Å². The van der Waals surface area contributed by atoms with Crippen molar-refractivity contribution in [3.8, 4) is 0 Å². The fourth-order valence-electron chi connectivity index (χ4n) is 5.09. The van der Waals surface area contributed by atoms with E-state index in [9.17, 15) is 4.21 Å². The van der Waals surface area contributed by atoms with Gasteiger partial charge in [-0.3, -0.25) is 4.21 Å². The zero-order chi connectivity index (χ0) is 27.1. The van der Waals surface area contributed by atoms with Crippen molar-refractivity contribution in [2.45, 2.75) is 54.3 Å². The van der Waals surface area contributed by atoms with E-state index in [1.54, 1.807) is 0 Å². The lowest BCUT2D eigenvalue weighted by atomic mass is 9.98. The first-order valence-corrected chi connectivity index (χ1v) is 14.7. The van der Waals surface area contributed by atoms with Crippen LogP contribution in [0.1, 0.15) is 23.0 Å². The molecule has 0 N–H and O–H groups in total. The normalized spacial score (nSPS) is 27.0. The van der Waals surface area contributed by atoms with Crippen LogP contribution in [0.3, 0.4) is 0 Å². The molecule has 6 nitrogen and oxygen atoms in total. The van der Waals surface area contributed by atoms with Crippen LogP contribution in [0, 0.1) is 0 Å². The standard InChI is InChI=1S/C33H32O6S/c34-40(27-19-11-4-12-20-27)33-31(36-22-25-15-7-2-8-16-25)30(35-21-24-13-5-1-6-14-24)29-28(38-33)23-37-32(39-29)26-17-9-3-10-18-26/h1-20,28-33H,21-23H2/t28-,29-,30+,31-,32-,33-,40+/m1/s1. The summed E-state index contributed by atoms with van der Waals surface area (Å²) in [4.78, 5) is 0.667. The van der Waals surface area contributed by atoms with Gasteiger partial charge >= 0.3 is 0 Å². The summed E-state index contributed by atoms with van der Waals surface area (Å²) in [5, 5.41) is 0. The van der Waals surface area contributed by atoms with Gasteiger partial charge in [-0.05, 0) is 23.3 Å². The molecule has 2 aliphatic heterocycles. The Hall–Kier alpha value is -3.17. The molecule has 2 heterocycles. The van der Waals surface area contributed by atoms with Crippen LogP contribution in [0.4, 0.5) is 0 Å². The van der Waals surface area contributed by atoms with E-state index in [0.29, 0.717) is 18.1 Å². The van der Waals surface area contributed by atoms with Gasteiger partial charge < -0.3 is 23.7 Å². The maximum Gasteiger partial charge on any atom is 0.184 e. The highest BCUT2D eigenvalue weighted by atomic mass is 32.2. The molecule has 206 valence electrons. The first-order valence-electron chi connectivity index (χ1n) is 13.5. The first-order chi connectivity index (χ1) is 19.8. The van der Waals surface area contributed by atoms with Crippen LogP contribution in [0.2, 0.25) is 0 Å². The number of ether oxygens (including phenoxy) is 5. The Morgan fingerprint density at radius 1 is 0.650 bits per heavy atom. The van der Waals surface area contributed by atoms with E-state index in [1.807, 2.05) is 121 Å². The molecule has 4 aromatic carbocycles. The maximum absolute atomic E-state index is 14.0. The van der Waals surface area contributed by atoms with Crippen molar-refractivity contribution in [2.75, 3.05) is 6.61 Å². The van der Waals surface area contributed by atoms with Crippen LogP contribution in [0.15, 0.2) is 126 Å². The van der Waals surface area contributed by atoms with Gasteiger partial charge in [-0.2, -0.15) is 0 Å². The van der Waals surface area contributed by atoms with Crippen LogP contribution >= 0.6 is 0 Å². The number of rotatable bonds is 9. The fraction of sp³-hybridized carbons (Fsp3) is 0.273. The summed E-state index contributed by atoms with van der Waals surface area (Å²) in [7, 11) is -1.52. The molecule has 40 heavy (non-hydrogen) atoms. The lowest BCUT2D eigenvalue weighted by molar-refractivity contribution is -0.330. The van der Waals surface area contributed by atoms with Crippen molar-refractivity contribution in [1.82, 2.24) is 0 Å². The molecule has 2 saturated heterocycles. The minimum atomic E-state index is -1.52. The average molecular weight is 557 g/mol. The highest BCUT2D eigenvalue weighted by Crippen LogP contribution is 2.38. The van der Waals surface area contributed by atoms with Gasteiger partial charge in [0.1, 0.15) is 24.4 Å². The number of benzene rings is 4. The van der Waals surface area contributed by atoms with Gasteiger partial charge in [-0.25, -0.2) is 0 Å². The third kappa shape index (κ3) is 6.25. The lowest BCUT2D eigenvalue weighted by Crippen LogP contribution is -2.63. The third-order valence-corrected chi connectivity index (χ3v) is 8.65. The predicted molar refractivity (Wildman–Crippen MR) is 152 cm³/mol. The molecule has 0 radical (unpaired) electrons. The van der Waals surface area contributed by atoms with Crippen molar-refractivity contribution < 1.29 is 27.9 Å². The molecule has 0 bridgehead atoms. The van der Waals surface area contributed by atoms with Gasteiger partial charge in [0.05, 0.1) is 30.6 Å². The van der Waals surface area contributed by atoms with E-state index in [4.69, 9.17) is 23.7 Å². The molecule has 4 aromatic rings. The Bertz CT molecular complexity index is 1360. The topological polar surface area (TPSA) is 63.2 Å². The molecule has 2 aliphatic rings. The van der Waals surface area contributed by atoms with Crippen LogP contribution in [-0.2, 0) is 47.7 Å². The Morgan fingerprint density at radius 3 is 1.77 bits per heavy atom. The molecule has 7 atom stereocenters. The van der Waals surface area contributed by atoms with Gasteiger partial charge in [0.15, 0.2) is 11.7 Å². The van der Waals surface area contributed by atoms with Gasteiger partial charge in [0, 0.05) is 10.5 Å². The first kappa shape index (κ1) is 27.0. The van der Waals surface area contributed by atoms with Crippen molar-refractivity contribution >= 4 is 10.8 Å². The second-order valence-electron chi connectivity index (χ2n) is 9.85. The van der Waals surface area contributed by atoms with Gasteiger partial charge in [0.2, 0.25) is 0 Å². The molecule has 2 fully saturated rings. The van der Waals surface area contributed by atoms with Crippen molar-refractivity contribution in [2.24, 2.45) is 0 Å². The van der Waals surface area contributed by atoms with Gasteiger partial charge in [-0.15, -0.1) is 0 Å². The van der Waals surface area contributed by atoms with Crippen molar-refractivity contribution in [1.29, 1.82) is 0 Å². The fourth-order valence-corrected chi connectivity index (χ4v) is 6.50. The molecule has 0 amide bonds. The summed E-state index contributed by atoms with van der Waals surface area (Å²) < 4.78 is 46.3. The highest BCUT2D eigenvalue weighted by molar-refractivity contribution is 7.85. The Morgan fingerprint density at radius 2 is 1.18 bits per heavy atom. The largest absolute Gasteiger partial charge is 0.368 e. The van der Waals surface area contributed by atoms with Crippen molar-refractivity contribution in [3.63, 3.8) is 0 Å². The van der Waals surface area contributed by atoms with Gasteiger partial charge in [-0.1, -0.05) is 109 Å². The molecule has 6 rings (SSSR count). The predicted octanol–water partition coefficient (Wildman–Crippen LogP) is 5.80. The number of hydrogen-bond donors (Lipinski definition) is 0. The summed E-state index contributed by atoms with van der Waals surface area (Å²) >= 11 is 0. The zero-order valence-corrected chi connectivity index (χ0v) is 22.8. The molecule has 7 heteroatoms. The zero-order valence-electron chi connectivity index (χ0n) is 22.0. The SMILES string of the molecule is O=[S@@](c1ccccc1)[C@H]1O[C@@H]2CO[C@@H](c3ccccc3)O[C@H]2[C@H](OCc2ccccc2)[C@H]1OCc1ccccc1. The second kappa shape index (κ2) is 13.0. The number of hydrogen-bond acceptors (Lipinski definition) is 6. The van der Waals surface area contributed by atoms with Crippen LogP contribution in [0.25, 0.3) is 0 Å². The Labute approximate surface area is 237 Å².